The van der Waals surface area contributed by atoms with Crippen LogP contribution in [0.1, 0.15) is 92.9 Å². The van der Waals surface area contributed by atoms with Crippen LogP contribution in [0.3, 0.4) is 0 Å². The monoisotopic (exact) mass is 383 g/mol. The average Bonchev–Trinajstić information content (AvgIpc) is 3.03. The first kappa shape index (κ1) is 19.1. The molecule has 0 aliphatic heterocycles. The minimum absolute atomic E-state index is 0.524. The molecule has 1 heterocycles. The second-order valence-electron chi connectivity index (χ2n) is 9.04. The van der Waals surface area contributed by atoms with E-state index in [2.05, 4.69) is 47.0 Å². The molecule has 0 bridgehead atoms. The van der Waals surface area contributed by atoms with E-state index in [4.69, 9.17) is 9.40 Å². The van der Waals surface area contributed by atoms with Crippen molar-refractivity contribution in [1.29, 1.82) is 0 Å². The van der Waals surface area contributed by atoms with Crippen molar-refractivity contribution in [3.63, 3.8) is 0 Å². The van der Waals surface area contributed by atoms with Gasteiger partial charge in [-0.25, -0.2) is 4.98 Å². The van der Waals surface area contributed by atoms with E-state index in [0.29, 0.717) is 17.8 Å². The largest absolute Gasteiger partial charge is 0.440 e. The first-order valence-corrected chi connectivity index (χ1v) is 11.9. The zero-order valence-electron chi connectivity index (χ0n) is 17.7. The lowest BCUT2D eigenvalue weighted by Crippen LogP contribution is -2.28. The fourth-order valence-corrected chi connectivity index (χ4v) is 5.96. The number of nitrogens with zero attached hydrogens (tertiary/aromatic N) is 1. The molecular formula is C24H33NOS. The molecule has 3 heteroatoms. The Labute approximate surface area is 168 Å². The van der Waals surface area contributed by atoms with Gasteiger partial charge in [0.2, 0.25) is 0 Å². The number of oxazole rings is 1. The average molecular weight is 384 g/mol. The van der Waals surface area contributed by atoms with E-state index < -0.39 is 0 Å². The molecule has 2 aromatic rings. The van der Waals surface area contributed by atoms with Crippen LogP contribution in [0.4, 0.5) is 0 Å². The Hall–Kier alpha value is -1.22. The van der Waals surface area contributed by atoms with Crippen molar-refractivity contribution in [2.45, 2.75) is 78.1 Å². The molecule has 0 unspecified atom stereocenters. The van der Waals surface area contributed by atoms with Crippen molar-refractivity contribution in [3.8, 4) is 0 Å². The van der Waals surface area contributed by atoms with Gasteiger partial charge in [0.1, 0.15) is 5.52 Å². The molecule has 0 spiro atoms. The summed E-state index contributed by atoms with van der Waals surface area (Å²) in [6, 6.07) is 0. The number of aryl methyl sites for hydroxylation is 2. The summed E-state index contributed by atoms with van der Waals surface area (Å²) in [7, 11) is 0. The van der Waals surface area contributed by atoms with Crippen LogP contribution >= 0.6 is 11.8 Å². The summed E-state index contributed by atoms with van der Waals surface area (Å²) < 4.78 is 6.40. The fourth-order valence-electron chi connectivity index (χ4n) is 5.58. The van der Waals surface area contributed by atoms with E-state index in [1.165, 1.54) is 36.0 Å². The van der Waals surface area contributed by atoms with Crippen molar-refractivity contribution in [2.24, 2.45) is 5.92 Å². The van der Waals surface area contributed by atoms with Gasteiger partial charge in [-0.3, -0.25) is 0 Å². The van der Waals surface area contributed by atoms with Gasteiger partial charge in [0, 0.05) is 23.7 Å². The second kappa shape index (κ2) is 7.31. The smallest absolute Gasteiger partial charge is 0.196 e. The van der Waals surface area contributed by atoms with Crippen LogP contribution in [0.5, 0.6) is 0 Å². The zero-order chi connectivity index (χ0) is 19.3. The molecule has 0 N–H and O–H groups in total. The van der Waals surface area contributed by atoms with Gasteiger partial charge in [-0.1, -0.05) is 25.5 Å². The second-order valence-corrected chi connectivity index (χ2v) is 10.0. The number of allylic oxidation sites excluding steroid dienone is 2. The molecule has 4 rings (SSSR count). The van der Waals surface area contributed by atoms with Gasteiger partial charge < -0.3 is 4.42 Å². The summed E-state index contributed by atoms with van der Waals surface area (Å²) in [5, 5.41) is 0. The number of thioether (sulfide) groups is 1. The van der Waals surface area contributed by atoms with Gasteiger partial charge in [-0.15, -0.1) is 0 Å². The molecule has 0 saturated carbocycles. The molecule has 4 atom stereocenters. The van der Waals surface area contributed by atoms with E-state index >= 15 is 0 Å². The quantitative estimate of drug-likeness (QED) is 0.526. The van der Waals surface area contributed by atoms with Gasteiger partial charge in [-0.05, 0) is 80.7 Å². The third-order valence-electron chi connectivity index (χ3n) is 6.77. The van der Waals surface area contributed by atoms with E-state index in [1.54, 1.807) is 11.1 Å². The molecule has 0 amide bonds. The van der Waals surface area contributed by atoms with Crippen molar-refractivity contribution in [2.75, 3.05) is 12.0 Å². The van der Waals surface area contributed by atoms with E-state index in [1.807, 2.05) is 11.8 Å². The van der Waals surface area contributed by atoms with Crippen LogP contribution < -0.4 is 0 Å². The Morgan fingerprint density at radius 2 is 1.96 bits per heavy atom. The SMILES string of the molecule is CSCCc1nc2c(C)c3c4c(c2o1)[C@@H](C)CC[C@@H]4[C@@H](C)C[C@H]3C=C(C)C. The third kappa shape index (κ3) is 3.16. The van der Waals surface area contributed by atoms with Crippen LogP contribution in [-0.4, -0.2) is 17.0 Å². The minimum atomic E-state index is 0.524. The summed E-state index contributed by atoms with van der Waals surface area (Å²) in [5.41, 5.74) is 9.73. The lowest BCUT2D eigenvalue weighted by Gasteiger charge is -2.42. The summed E-state index contributed by atoms with van der Waals surface area (Å²) in [6.45, 7) is 11.6. The Morgan fingerprint density at radius 1 is 1.19 bits per heavy atom. The van der Waals surface area contributed by atoms with Gasteiger partial charge >= 0.3 is 0 Å². The first-order valence-electron chi connectivity index (χ1n) is 10.5. The van der Waals surface area contributed by atoms with Crippen LogP contribution in [-0.2, 0) is 6.42 Å². The van der Waals surface area contributed by atoms with Gasteiger partial charge in [-0.2, -0.15) is 11.8 Å². The molecule has 27 heavy (non-hydrogen) atoms. The maximum Gasteiger partial charge on any atom is 0.196 e. The van der Waals surface area contributed by atoms with Crippen molar-refractivity contribution < 1.29 is 4.42 Å². The molecule has 2 aliphatic carbocycles. The summed E-state index contributed by atoms with van der Waals surface area (Å²) in [5.74, 6) is 4.50. The Bertz CT molecular complexity index is 890. The number of hydrogen-bond donors (Lipinski definition) is 0. The molecule has 0 fully saturated rings. The highest BCUT2D eigenvalue weighted by molar-refractivity contribution is 7.98. The Kier molecular flexibility index (Phi) is 5.18. The summed E-state index contributed by atoms with van der Waals surface area (Å²) >= 11 is 1.86. The summed E-state index contributed by atoms with van der Waals surface area (Å²) in [4.78, 5) is 4.98. The molecular weight excluding hydrogens is 350 g/mol. The number of aromatic nitrogens is 1. The third-order valence-corrected chi connectivity index (χ3v) is 7.38. The minimum Gasteiger partial charge on any atom is -0.440 e. The fraction of sp³-hybridized carbons (Fsp3) is 0.625. The molecule has 0 saturated heterocycles. The van der Waals surface area contributed by atoms with Gasteiger partial charge in [0.15, 0.2) is 11.5 Å². The lowest BCUT2D eigenvalue weighted by molar-refractivity contribution is 0.332. The maximum atomic E-state index is 6.40. The predicted molar refractivity (Wildman–Crippen MR) is 117 cm³/mol. The molecule has 1 aromatic heterocycles. The molecule has 1 aromatic carbocycles. The van der Waals surface area contributed by atoms with E-state index in [9.17, 15) is 0 Å². The Morgan fingerprint density at radius 3 is 2.67 bits per heavy atom. The van der Waals surface area contributed by atoms with Gasteiger partial charge in [0.25, 0.3) is 0 Å². The zero-order valence-corrected chi connectivity index (χ0v) is 18.5. The highest BCUT2D eigenvalue weighted by atomic mass is 32.2. The first-order chi connectivity index (χ1) is 12.9. The van der Waals surface area contributed by atoms with Crippen LogP contribution in [0.25, 0.3) is 11.1 Å². The molecule has 2 nitrogen and oxygen atoms in total. The predicted octanol–water partition coefficient (Wildman–Crippen LogP) is 7.11. The van der Waals surface area contributed by atoms with Crippen molar-refractivity contribution in [3.05, 3.63) is 39.8 Å². The lowest BCUT2D eigenvalue weighted by atomic mass is 9.62. The standard InChI is InChI=1S/C24H33NOS/c1-13(2)11-17-12-15(4)18-8-7-14(3)20-22(18)21(17)16(5)23-24(20)26-19(25-23)9-10-27-6/h11,14-15,17-18H,7-10,12H2,1-6H3/t14-,15-,17+,18+/m0/s1. The highest BCUT2D eigenvalue weighted by Gasteiger charge is 2.40. The maximum absolute atomic E-state index is 6.40. The van der Waals surface area contributed by atoms with Crippen molar-refractivity contribution in [1.82, 2.24) is 4.98 Å². The number of hydrogen-bond acceptors (Lipinski definition) is 3. The van der Waals surface area contributed by atoms with Gasteiger partial charge in [0.05, 0.1) is 0 Å². The highest BCUT2D eigenvalue weighted by Crippen LogP contribution is 2.55. The van der Waals surface area contributed by atoms with Crippen molar-refractivity contribution >= 4 is 22.9 Å². The number of rotatable bonds is 4. The summed E-state index contributed by atoms with van der Waals surface area (Å²) in [6.07, 6.45) is 9.42. The van der Waals surface area contributed by atoms with Crippen LogP contribution in [0.2, 0.25) is 0 Å². The van der Waals surface area contributed by atoms with Crippen LogP contribution in [0.15, 0.2) is 16.1 Å². The van der Waals surface area contributed by atoms with E-state index in [0.717, 1.165) is 35.1 Å². The number of fused-ring (bicyclic) bond motifs is 2. The molecule has 2 aliphatic rings. The van der Waals surface area contributed by atoms with Crippen LogP contribution in [0, 0.1) is 12.8 Å². The van der Waals surface area contributed by atoms with E-state index in [-0.39, 0.29) is 0 Å². The molecule has 146 valence electrons. The molecule has 0 radical (unpaired) electrons. The normalized spacial score (nSPS) is 26.9. The topological polar surface area (TPSA) is 26.0 Å². The Balaban J connectivity index is 2.00. The number of benzene rings is 1.